The number of rotatable bonds is 5. The maximum absolute atomic E-state index is 12.4. The fourth-order valence-electron chi connectivity index (χ4n) is 1.91. The van der Waals surface area contributed by atoms with Gasteiger partial charge in [0, 0.05) is 18.5 Å². The van der Waals surface area contributed by atoms with E-state index in [0.29, 0.717) is 16.5 Å². The maximum atomic E-state index is 12.4. The van der Waals surface area contributed by atoms with E-state index in [4.69, 9.17) is 32.4 Å². The zero-order chi connectivity index (χ0) is 16.9. The van der Waals surface area contributed by atoms with E-state index in [2.05, 4.69) is 15.3 Å². The van der Waals surface area contributed by atoms with Crippen molar-refractivity contribution < 1.29 is 13.9 Å². The fourth-order valence-corrected chi connectivity index (χ4v) is 2.24. The second kappa shape index (κ2) is 7.33. The highest BCUT2D eigenvalue weighted by molar-refractivity contribution is 6.30. The first-order chi connectivity index (χ1) is 11.6. The van der Waals surface area contributed by atoms with Crippen LogP contribution in [-0.4, -0.2) is 15.9 Å². The molecule has 0 aromatic carbocycles. The lowest BCUT2D eigenvalue weighted by Crippen LogP contribution is -2.23. The van der Waals surface area contributed by atoms with Crippen molar-refractivity contribution in [1.29, 1.82) is 0 Å². The quantitative estimate of drug-likeness (QED) is 0.738. The molecule has 3 rings (SSSR count). The van der Waals surface area contributed by atoms with E-state index >= 15 is 0 Å². The van der Waals surface area contributed by atoms with Gasteiger partial charge in [0.05, 0.1) is 17.8 Å². The summed E-state index contributed by atoms with van der Waals surface area (Å²) in [5, 5.41) is 3.40. The van der Waals surface area contributed by atoms with Crippen LogP contribution in [0.3, 0.4) is 0 Å². The van der Waals surface area contributed by atoms with Gasteiger partial charge in [-0.25, -0.2) is 4.98 Å². The van der Waals surface area contributed by atoms with Crippen LogP contribution in [0.5, 0.6) is 11.6 Å². The Hall–Kier alpha value is -2.57. The van der Waals surface area contributed by atoms with Gasteiger partial charge in [-0.3, -0.25) is 9.78 Å². The second-order valence-electron chi connectivity index (χ2n) is 4.69. The monoisotopic (exact) mass is 363 g/mol. The minimum Gasteiger partial charge on any atom is -0.448 e. The van der Waals surface area contributed by atoms with Crippen LogP contribution in [0.15, 0.2) is 53.3 Å². The van der Waals surface area contributed by atoms with Crippen LogP contribution in [0.2, 0.25) is 10.2 Å². The molecule has 8 heteroatoms. The number of carbonyl (C=O) groups excluding carboxylic acids is 1. The molecule has 3 aromatic rings. The Morgan fingerprint density at radius 3 is 2.88 bits per heavy atom. The Balaban J connectivity index is 1.74. The van der Waals surface area contributed by atoms with Crippen molar-refractivity contribution in [3.8, 4) is 11.6 Å². The van der Waals surface area contributed by atoms with E-state index in [0.717, 1.165) is 0 Å². The molecule has 0 saturated carbocycles. The number of nitrogens with zero attached hydrogens (tertiary/aromatic N) is 2. The van der Waals surface area contributed by atoms with E-state index < -0.39 is 0 Å². The van der Waals surface area contributed by atoms with Crippen molar-refractivity contribution in [3.05, 3.63) is 70.5 Å². The molecule has 0 spiro atoms. The lowest BCUT2D eigenvalue weighted by molar-refractivity contribution is 0.0945. The zero-order valence-electron chi connectivity index (χ0n) is 12.2. The summed E-state index contributed by atoms with van der Waals surface area (Å²) < 4.78 is 10.8. The molecule has 0 aliphatic carbocycles. The highest BCUT2D eigenvalue weighted by Crippen LogP contribution is 2.24. The first-order valence-corrected chi connectivity index (χ1v) is 7.63. The molecular weight excluding hydrogens is 353 g/mol. The Morgan fingerprint density at radius 2 is 2.12 bits per heavy atom. The van der Waals surface area contributed by atoms with Crippen LogP contribution in [0.25, 0.3) is 0 Å². The average Bonchev–Trinajstić information content (AvgIpc) is 2.99. The van der Waals surface area contributed by atoms with Crippen molar-refractivity contribution >= 4 is 29.1 Å². The molecule has 1 N–H and O–H groups in total. The van der Waals surface area contributed by atoms with Crippen LogP contribution < -0.4 is 10.1 Å². The standard InChI is InChI=1S/C16H11Cl2N3O3/c17-10-6-12(8-19-7-10)24-16-13(2-1-5-20-16)15(22)21-9-11-3-4-14(18)23-11/h1-8H,9H2,(H,21,22). The molecule has 1 amide bonds. The van der Waals surface area contributed by atoms with E-state index in [9.17, 15) is 4.79 Å². The average molecular weight is 364 g/mol. The minimum atomic E-state index is -0.361. The van der Waals surface area contributed by atoms with E-state index in [1.165, 1.54) is 18.6 Å². The van der Waals surface area contributed by atoms with E-state index in [-0.39, 0.29) is 29.1 Å². The van der Waals surface area contributed by atoms with Gasteiger partial charge in [-0.1, -0.05) is 11.6 Å². The van der Waals surface area contributed by atoms with Crippen LogP contribution >= 0.6 is 23.2 Å². The molecule has 0 saturated heterocycles. The van der Waals surface area contributed by atoms with Crippen LogP contribution in [0.1, 0.15) is 16.1 Å². The Bertz CT molecular complexity index is 867. The summed E-state index contributed by atoms with van der Waals surface area (Å²) in [6.07, 6.45) is 4.48. The van der Waals surface area contributed by atoms with Gasteiger partial charge in [0.1, 0.15) is 17.1 Å². The smallest absolute Gasteiger partial charge is 0.257 e. The zero-order valence-corrected chi connectivity index (χ0v) is 13.7. The molecule has 6 nitrogen and oxygen atoms in total. The number of amides is 1. The Labute approximate surface area is 147 Å². The molecular formula is C16H11Cl2N3O3. The van der Waals surface area contributed by atoms with Crippen LogP contribution in [0, 0.1) is 0 Å². The number of pyridine rings is 2. The van der Waals surface area contributed by atoms with Crippen molar-refractivity contribution in [1.82, 2.24) is 15.3 Å². The van der Waals surface area contributed by atoms with Crippen LogP contribution in [0.4, 0.5) is 0 Å². The summed E-state index contributed by atoms with van der Waals surface area (Å²) in [6, 6.07) is 8.11. The van der Waals surface area contributed by atoms with Crippen LogP contribution in [-0.2, 0) is 6.54 Å². The summed E-state index contributed by atoms with van der Waals surface area (Å²) in [7, 11) is 0. The fraction of sp³-hybridized carbons (Fsp3) is 0.0625. The molecule has 0 bridgehead atoms. The van der Waals surface area contributed by atoms with E-state index in [1.807, 2.05) is 0 Å². The van der Waals surface area contributed by atoms with Gasteiger partial charge in [-0.2, -0.15) is 0 Å². The van der Waals surface area contributed by atoms with Gasteiger partial charge in [-0.05, 0) is 35.9 Å². The molecule has 0 aliphatic heterocycles. The molecule has 3 heterocycles. The number of nitrogens with one attached hydrogen (secondary N) is 1. The third-order valence-corrected chi connectivity index (χ3v) is 3.37. The Morgan fingerprint density at radius 1 is 1.25 bits per heavy atom. The number of furan rings is 1. The third kappa shape index (κ3) is 4.04. The second-order valence-corrected chi connectivity index (χ2v) is 5.49. The normalized spacial score (nSPS) is 10.4. The van der Waals surface area contributed by atoms with Gasteiger partial charge in [0.15, 0.2) is 5.22 Å². The predicted octanol–water partition coefficient (Wildman–Crippen LogP) is 4.10. The lowest BCUT2D eigenvalue weighted by Gasteiger charge is -2.09. The molecule has 0 atom stereocenters. The van der Waals surface area contributed by atoms with Crippen molar-refractivity contribution in [2.75, 3.05) is 0 Å². The molecule has 0 fully saturated rings. The first kappa shape index (κ1) is 16.3. The Kier molecular flexibility index (Phi) is 4.98. The maximum Gasteiger partial charge on any atom is 0.257 e. The molecule has 0 radical (unpaired) electrons. The number of carbonyl (C=O) groups is 1. The summed E-state index contributed by atoms with van der Waals surface area (Å²) in [4.78, 5) is 20.4. The third-order valence-electron chi connectivity index (χ3n) is 2.96. The van der Waals surface area contributed by atoms with Gasteiger partial charge >= 0.3 is 0 Å². The topological polar surface area (TPSA) is 77.2 Å². The summed E-state index contributed by atoms with van der Waals surface area (Å²) >= 11 is 11.6. The van der Waals surface area contributed by atoms with Gasteiger partial charge in [0.2, 0.25) is 5.88 Å². The number of hydrogen-bond donors (Lipinski definition) is 1. The molecule has 24 heavy (non-hydrogen) atoms. The predicted molar refractivity (Wildman–Crippen MR) is 88.4 cm³/mol. The molecule has 3 aromatic heterocycles. The number of ether oxygens (including phenoxy) is 1. The van der Waals surface area contributed by atoms with Gasteiger partial charge < -0.3 is 14.5 Å². The van der Waals surface area contributed by atoms with Gasteiger partial charge in [-0.15, -0.1) is 0 Å². The molecule has 122 valence electrons. The highest BCUT2D eigenvalue weighted by atomic mass is 35.5. The molecule has 0 unspecified atom stereocenters. The number of halogens is 2. The highest BCUT2D eigenvalue weighted by Gasteiger charge is 2.15. The molecule has 0 aliphatic rings. The summed E-state index contributed by atoms with van der Waals surface area (Å²) in [6.45, 7) is 0.193. The number of hydrogen-bond acceptors (Lipinski definition) is 5. The van der Waals surface area contributed by atoms with Crippen molar-refractivity contribution in [2.24, 2.45) is 0 Å². The van der Waals surface area contributed by atoms with Crippen molar-refractivity contribution in [3.63, 3.8) is 0 Å². The SMILES string of the molecule is O=C(NCc1ccc(Cl)o1)c1cccnc1Oc1cncc(Cl)c1. The van der Waals surface area contributed by atoms with E-state index in [1.54, 1.807) is 30.3 Å². The van der Waals surface area contributed by atoms with Gasteiger partial charge in [0.25, 0.3) is 5.91 Å². The first-order valence-electron chi connectivity index (χ1n) is 6.87. The minimum absolute atomic E-state index is 0.150. The number of aromatic nitrogens is 2. The summed E-state index contributed by atoms with van der Waals surface area (Å²) in [5.74, 6) is 0.712. The van der Waals surface area contributed by atoms with Crippen molar-refractivity contribution in [2.45, 2.75) is 6.54 Å². The lowest BCUT2D eigenvalue weighted by atomic mass is 10.2. The summed E-state index contributed by atoms with van der Waals surface area (Å²) in [5.41, 5.74) is 0.273. The largest absolute Gasteiger partial charge is 0.448 e.